The number of hydrogen-bond acceptors (Lipinski definition) is 6. The third kappa shape index (κ3) is 5.09. The van der Waals surface area contributed by atoms with Gasteiger partial charge in [-0.15, -0.1) is 0 Å². The monoisotopic (exact) mass is 531 g/mol. The molecule has 0 aliphatic carbocycles. The number of hydrogen-bond donors (Lipinski definition) is 3. The number of aromatic nitrogens is 4. The van der Waals surface area contributed by atoms with Gasteiger partial charge in [0.15, 0.2) is 17.3 Å². The lowest BCUT2D eigenvalue weighted by atomic mass is 9.99. The van der Waals surface area contributed by atoms with E-state index in [9.17, 15) is 8.78 Å². The van der Waals surface area contributed by atoms with Crippen LogP contribution in [0.5, 0.6) is 0 Å². The van der Waals surface area contributed by atoms with E-state index in [1.165, 1.54) is 6.07 Å². The third-order valence-corrected chi connectivity index (χ3v) is 6.91. The van der Waals surface area contributed by atoms with E-state index in [2.05, 4.69) is 20.9 Å². The first-order valence-corrected chi connectivity index (χ1v) is 12.5. The van der Waals surface area contributed by atoms with E-state index in [0.717, 1.165) is 43.8 Å². The molecule has 3 heterocycles. The van der Waals surface area contributed by atoms with Crippen molar-refractivity contribution < 1.29 is 8.78 Å². The molecule has 1 saturated heterocycles. The summed E-state index contributed by atoms with van der Waals surface area (Å²) in [5, 5.41) is 10.6. The van der Waals surface area contributed by atoms with Gasteiger partial charge >= 0.3 is 0 Å². The zero-order valence-electron chi connectivity index (χ0n) is 19.6. The summed E-state index contributed by atoms with van der Waals surface area (Å²) in [6.45, 7) is 2.82. The molecule has 1 unspecified atom stereocenters. The Labute approximate surface area is 217 Å². The number of nitrogens with one attached hydrogen (secondary N) is 3. The van der Waals surface area contributed by atoms with Crippen molar-refractivity contribution in [2.75, 3.05) is 30.8 Å². The largest absolute Gasteiger partial charge is 0.388 e. The van der Waals surface area contributed by atoms with Gasteiger partial charge in [0.1, 0.15) is 11.3 Å². The molecule has 0 radical (unpaired) electrons. The molecular formula is C25H25Cl2F2N7. The van der Waals surface area contributed by atoms with Gasteiger partial charge in [0.25, 0.3) is 0 Å². The predicted molar refractivity (Wildman–Crippen MR) is 140 cm³/mol. The second kappa shape index (κ2) is 10.5. The molecule has 1 aliphatic rings. The number of rotatable bonds is 7. The van der Waals surface area contributed by atoms with Gasteiger partial charge in [0, 0.05) is 25.8 Å². The molecule has 36 heavy (non-hydrogen) atoms. The molecular weight excluding hydrogens is 507 g/mol. The SMILES string of the molecule is CNc1cc(Cl)c(-c2nc3cnc(NCc4ccc(F)c(F)c4)nc3n2CC2CCCNC2)c(Cl)c1. The second-order valence-electron chi connectivity index (χ2n) is 8.83. The molecule has 188 valence electrons. The number of piperidine rings is 1. The van der Waals surface area contributed by atoms with Crippen LogP contribution in [0.25, 0.3) is 22.6 Å². The highest BCUT2D eigenvalue weighted by Gasteiger charge is 2.23. The Balaban J connectivity index is 1.54. The van der Waals surface area contributed by atoms with Crippen molar-refractivity contribution >= 4 is 46.0 Å². The molecule has 4 aromatic rings. The van der Waals surface area contributed by atoms with E-state index in [1.54, 1.807) is 13.2 Å². The van der Waals surface area contributed by atoms with Gasteiger partial charge in [-0.05, 0) is 61.7 Å². The van der Waals surface area contributed by atoms with Gasteiger partial charge in [-0.2, -0.15) is 4.98 Å². The molecule has 1 atom stereocenters. The van der Waals surface area contributed by atoms with Crippen LogP contribution < -0.4 is 16.0 Å². The molecule has 1 aliphatic heterocycles. The lowest BCUT2D eigenvalue weighted by Gasteiger charge is -2.24. The van der Waals surface area contributed by atoms with Gasteiger partial charge in [-0.25, -0.2) is 18.7 Å². The van der Waals surface area contributed by atoms with Gasteiger partial charge < -0.3 is 20.5 Å². The van der Waals surface area contributed by atoms with Crippen LogP contribution in [0.4, 0.5) is 20.4 Å². The number of benzene rings is 2. The average molecular weight is 532 g/mol. The second-order valence-corrected chi connectivity index (χ2v) is 9.64. The molecule has 0 amide bonds. The molecule has 2 aromatic heterocycles. The summed E-state index contributed by atoms with van der Waals surface area (Å²) < 4.78 is 28.9. The number of anilines is 2. The Hall–Kier alpha value is -3.01. The molecule has 1 fully saturated rings. The topological polar surface area (TPSA) is 79.7 Å². The number of nitrogens with zero attached hydrogens (tertiary/aromatic N) is 4. The average Bonchev–Trinajstić information content (AvgIpc) is 3.21. The normalized spacial score (nSPS) is 15.9. The van der Waals surface area contributed by atoms with Gasteiger partial charge in [0.05, 0.1) is 21.8 Å². The first-order chi connectivity index (χ1) is 17.4. The summed E-state index contributed by atoms with van der Waals surface area (Å²) in [4.78, 5) is 13.9. The standard InChI is InChI=1S/C25H25Cl2F2N7/c1-30-16-8-17(26)22(18(27)9-16)24-34-21-12-33-25(32-11-14-4-5-19(28)20(29)7-14)35-23(21)36(24)13-15-3-2-6-31-10-15/h4-5,7-9,12,15,30-31H,2-3,6,10-11,13H2,1H3,(H,32,33,35). The van der Waals surface area contributed by atoms with Crippen molar-refractivity contribution in [1.29, 1.82) is 0 Å². The maximum atomic E-state index is 13.6. The van der Waals surface area contributed by atoms with E-state index in [-0.39, 0.29) is 6.54 Å². The van der Waals surface area contributed by atoms with Crippen LogP contribution in [0.1, 0.15) is 18.4 Å². The molecule has 2 aromatic carbocycles. The Morgan fingerprint density at radius 2 is 1.92 bits per heavy atom. The van der Waals surface area contributed by atoms with Crippen molar-refractivity contribution in [3.8, 4) is 11.4 Å². The van der Waals surface area contributed by atoms with Crippen LogP contribution in [0.2, 0.25) is 10.0 Å². The first-order valence-electron chi connectivity index (χ1n) is 11.7. The Morgan fingerprint density at radius 1 is 1.11 bits per heavy atom. The van der Waals surface area contributed by atoms with E-state index in [1.807, 2.05) is 16.7 Å². The number of fused-ring (bicyclic) bond motifs is 1. The van der Waals surface area contributed by atoms with Crippen molar-refractivity contribution in [2.45, 2.75) is 25.9 Å². The highest BCUT2D eigenvalue weighted by molar-refractivity contribution is 6.39. The summed E-state index contributed by atoms with van der Waals surface area (Å²) in [6, 6.07) is 7.40. The first kappa shape index (κ1) is 24.7. The zero-order chi connectivity index (χ0) is 25.2. The van der Waals surface area contributed by atoms with Gasteiger partial charge in [-0.1, -0.05) is 29.3 Å². The summed E-state index contributed by atoms with van der Waals surface area (Å²) in [5.74, 6) is -0.417. The van der Waals surface area contributed by atoms with E-state index >= 15 is 0 Å². The van der Waals surface area contributed by atoms with Crippen molar-refractivity contribution in [2.24, 2.45) is 5.92 Å². The predicted octanol–water partition coefficient (Wildman–Crippen LogP) is 5.73. The van der Waals surface area contributed by atoms with Crippen molar-refractivity contribution in [1.82, 2.24) is 24.8 Å². The third-order valence-electron chi connectivity index (χ3n) is 6.32. The maximum Gasteiger partial charge on any atom is 0.225 e. The van der Waals surface area contributed by atoms with E-state index < -0.39 is 11.6 Å². The summed E-state index contributed by atoms with van der Waals surface area (Å²) in [7, 11) is 1.80. The number of imidazole rings is 1. The molecule has 3 N–H and O–H groups in total. The van der Waals surface area contributed by atoms with E-state index in [4.69, 9.17) is 33.2 Å². The fourth-order valence-corrected chi connectivity index (χ4v) is 5.12. The van der Waals surface area contributed by atoms with Gasteiger partial charge in [-0.3, -0.25) is 0 Å². The lowest BCUT2D eigenvalue weighted by Crippen LogP contribution is -2.32. The fourth-order valence-electron chi connectivity index (χ4n) is 4.47. The molecule has 0 spiro atoms. The van der Waals surface area contributed by atoms with Gasteiger partial charge in [0.2, 0.25) is 5.95 Å². The summed E-state index contributed by atoms with van der Waals surface area (Å²) in [6.07, 6.45) is 3.82. The van der Waals surface area contributed by atoms with E-state index in [0.29, 0.717) is 56.6 Å². The van der Waals surface area contributed by atoms with Crippen LogP contribution in [-0.4, -0.2) is 39.7 Å². The highest BCUT2D eigenvalue weighted by atomic mass is 35.5. The Kier molecular flexibility index (Phi) is 7.22. The van der Waals surface area contributed by atoms with Crippen molar-refractivity contribution in [3.05, 3.63) is 63.8 Å². The molecule has 0 bridgehead atoms. The van der Waals surface area contributed by atoms with Crippen LogP contribution >= 0.6 is 23.2 Å². The summed E-state index contributed by atoms with van der Waals surface area (Å²) >= 11 is 13.3. The highest BCUT2D eigenvalue weighted by Crippen LogP contribution is 2.38. The van der Waals surface area contributed by atoms with Crippen molar-refractivity contribution in [3.63, 3.8) is 0 Å². The minimum atomic E-state index is -0.896. The quantitative estimate of drug-likeness (QED) is 0.282. The minimum Gasteiger partial charge on any atom is -0.388 e. The maximum absolute atomic E-state index is 13.6. The number of halogens is 4. The fraction of sp³-hybridized carbons (Fsp3) is 0.320. The summed E-state index contributed by atoms with van der Waals surface area (Å²) in [5.41, 5.74) is 3.26. The molecule has 7 nitrogen and oxygen atoms in total. The Bertz CT molecular complexity index is 1380. The molecule has 11 heteroatoms. The minimum absolute atomic E-state index is 0.235. The smallest absolute Gasteiger partial charge is 0.225 e. The van der Waals surface area contributed by atoms with Crippen LogP contribution in [-0.2, 0) is 13.1 Å². The Morgan fingerprint density at radius 3 is 2.61 bits per heavy atom. The van der Waals surface area contributed by atoms with Crippen LogP contribution in [0, 0.1) is 17.6 Å². The molecule has 0 saturated carbocycles. The lowest BCUT2D eigenvalue weighted by molar-refractivity contribution is 0.341. The van der Waals surface area contributed by atoms with Crippen LogP contribution in [0.15, 0.2) is 36.5 Å². The molecule has 5 rings (SSSR count). The zero-order valence-corrected chi connectivity index (χ0v) is 21.1. The van der Waals surface area contributed by atoms with Crippen LogP contribution in [0.3, 0.4) is 0 Å².